The molecule has 150 valence electrons. The minimum absolute atomic E-state index is 0.0358. The van der Waals surface area contributed by atoms with Gasteiger partial charge in [0.15, 0.2) is 0 Å². The average Bonchev–Trinajstić information content (AvgIpc) is 3.04. The van der Waals surface area contributed by atoms with E-state index in [0.29, 0.717) is 15.8 Å². The molecule has 5 heteroatoms. The molecule has 1 atom stereocenters. The molecular formula is C25H21NO2S2. The molecule has 1 heterocycles. The van der Waals surface area contributed by atoms with Gasteiger partial charge in [-0.1, -0.05) is 96.8 Å². The third-order valence-corrected chi connectivity index (χ3v) is 6.19. The van der Waals surface area contributed by atoms with Crippen LogP contribution in [0.4, 0.5) is 0 Å². The van der Waals surface area contributed by atoms with Crippen LogP contribution in [0.5, 0.6) is 5.75 Å². The summed E-state index contributed by atoms with van der Waals surface area (Å²) in [5.41, 5.74) is 3.13. The van der Waals surface area contributed by atoms with Crippen molar-refractivity contribution in [2.45, 2.75) is 19.6 Å². The van der Waals surface area contributed by atoms with Crippen molar-refractivity contribution < 1.29 is 9.53 Å². The van der Waals surface area contributed by atoms with E-state index in [4.69, 9.17) is 17.0 Å². The molecular weight excluding hydrogens is 410 g/mol. The Morgan fingerprint density at radius 2 is 1.60 bits per heavy atom. The second-order valence-electron chi connectivity index (χ2n) is 6.99. The normalized spacial score (nSPS) is 16.2. The van der Waals surface area contributed by atoms with Crippen LogP contribution in [0.3, 0.4) is 0 Å². The summed E-state index contributed by atoms with van der Waals surface area (Å²) in [5.74, 6) is 0.743. The molecule has 0 aliphatic carbocycles. The molecule has 1 aliphatic heterocycles. The Morgan fingerprint density at radius 3 is 2.27 bits per heavy atom. The highest BCUT2D eigenvalue weighted by molar-refractivity contribution is 8.26. The number of hydrogen-bond acceptors (Lipinski definition) is 4. The number of benzene rings is 3. The summed E-state index contributed by atoms with van der Waals surface area (Å²) in [7, 11) is 0. The monoisotopic (exact) mass is 431 g/mol. The lowest BCUT2D eigenvalue weighted by Gasteiger charge is -2.15. The van der Waals surface area contributed by atoms with Crippen molar-refractivity contribution in [1.82, 2.24) is 4.90 Å². The SMILES string of the molecule is C[C@H](Oc1ccc(/C=C2/SC(=S)N(Cc3ccccc3)C2=O)cc1)c1ccccc1. The summed E-state index contributed by atoms with van der Waals surface area (Å²) < 4.78 is 6.61. The van der Waals surface area contributed by atoms with Crippen molar-refractivity contribution in [3.63, 3.8) is 0 Å². The maximum absolute atomic E-state index is 12.8. The van der Waals surface area contributed by atoms with Crippen LogP contribution in [0.1, 0.15) is 29.7 Å². The van der Waals surface area contributed by atoms with Gasteiger partial charge in [-0.15, -0.1) is 0 Å². The molecule has 1 saturated heterocycles. The number of carbonyl (C=O) groups is 1. The van der Waals surface area contributed by atoms with Crippen molar-refractivity contribution in [3.8, 4) is 5.75 Å². The van der Waals surface area contributed by atoms with Gasteiger partial charge in [0.2, 0.25) is 0 Å². The smallest absolute Gasteiger partial charge is 0.266 e. The molecule has 0 bridgehead atoms. The largest absolute Gasteiger partial charge is 0.486 e. The summed E-state index contributed by atoms with van der Waals surface area (Å²) in [4.78, 5) is 15.1. The molecule has 30 heavy (non-hydrogen) atoms. The van der Waals surface area contributed by atoms with E-state index in [1.807, 2.05) is 85.8 Å². The summed E-state index contributed by atoms with van der Waals surface area (Å²) in [5, 5.41) is 0. The van der Waals surface area contributed by atoms with Crippen LogP contribution < -0.4 is 4.74 Å². The van der Waals surface area contributed by atoms with Gasteiger partial charge >= 0.3 is 0 Å². The van der Waals surface area contributed by atoms with Crippen molar-refractivity contribution in [2.24, 2.45) is 0 Å². The standard InChI is InChI=1S/C25H21NO2S2/c1-18(21-10-6-3-7-11-21)28-22-14-12-19(13-15-22)16-23-24(27)26(25(29)30-23)17-20-8-4-2-5-9-20/h2-16,18H,17H2,1H3/b23-16+/t18-/m0/s1. The molecule has 0 N–H and O–H groups in total. The lowest BCUT2D eigenvalue weighted by Crippen LogP contribution is -2.27. The minimum atomic E-state index is -0.0492. The fourth-order valence-electron chi connectivity index (χ4n) is 3.19. The first-order chi connectivity index (χ1) is 14.6. The molecule has 3 nitrogen and oxygen atoms in total. The van der Waals surface area contributed by atoms with E-state index < -0.39 is 0 Å². The minimum Gasteiger partial charge on any atom is -0.486 e. The molecule has 1 fully saturated rings. The Kier molecular flexibility index (Phi) is 6.31. The van der Waals surface area contributed by atoms with E-state index in [-0.39, 0.29) is 12.0 Å². The second kappa shape index (κ2) is 9.28. The molecule has 1 amide bonds. The zero-order valence-corrected chi connectivity index (χ0v) is 18.2. The Morgan fingerprint density at radius 1 is 0.967 bits per heavy atom. The first kappa shape index (κ1) is 20.4. The predicted octanol–water partition coefficient (Wildman–Crippen LogP) is 6.23. The van der Waals surface area contributed by atoms with E-state index in [0.717, 1.165) is 22.4 Å². The van der Waals surface area contributed by atoms with E-state index in [1.165, 1.54) is 11.8 Å². The molecule has 0 saturated carbocycles. The third-order valence-electron chi connectivity index (χ3n) is 4.82. The number of carbonyl (C=O) groups excluding carboxylic acids is 1. The fraction of sp³-hybridized carbons (Fsp3) is 0.120. The number of ether oxygens (including phenoxy) is 1. The first-order valence-electron chi connectivity index (χ1n) is 9.71. The highest BCUT2D eigenvalue weighted by atomic mass is 32.2. The lowest BCUT2D eigenvalue weighted by molar-refractivity contribution is -0.122. The maximum Gasteiger partial charge on any atom is 0.266 e. The Bertz CT molecular complexity index is 1060. The van der Waals surface area contributed by atoms with Crippen molar-refractivity contribution in [3.05, 3.63) is 107 Å². The second-order valence-corrected chi connectivity index (χ2v) is 8.67. The summed E-state index contributed by atoms with van der Waals surface area (Å²) >= 11 is 6.78. The van der Waals surface area contributed by atoms with Crippen LogP contribution in [-0.4, -0.2) is 15.1 Å². The zero-order valence-electron chi connectivity index (χ0n) is 16.5. The number of rotatable bonds is 6. The molecule has 0 radical (unpaired) electrons. The highest BCUT2D eigenvalue weighted by Crippen LogP contribution is 2.34. The van der Waals surface area contributed by atoms with Gasteiger partial charge in [-0.05, 0) is 41.8 Å². The molecule has 1 aliphatic rings. The van der Waals surface area contributed by atoms with Gasteiger partial charge in [-0.2, -0.15) is 0 Å². The van der Waals surface area contributed by atoms with Gasteiger partial charge in [-0.25, -0.2) is 0 Å². The summed E-state index contributed by atoms with van der Waals surface area (Å²) in [6.45, 7) is 2.52. The Balaban J connectivity index is 1.43. The van der Waals surface area contributed by atoms with Gasteiger partial charge in [0.25, 0.3) is 5.91 Å². The third kappa shape index (κ3) is 4.81. The van der Waals surface area contributed by atoms with Crippen molar-refractivity contribution in [1.29, 1.82) is 0 Å². The predicted molar refractivity (Wildman–Crippen MR) is 127 cm³/mol. The van der Waals surface area contributed by atoms with Crippen LogP contribution in [0.2, 0.25) is 0 Å². The van der Waals surface area contributed by atoms with Crippen LogP contribution in [-0.2, 0) is 11.3 Å². The number of nitrogens with zero attached hydrogens (tertiary/aromatic N) is 1. The maximum atomic E-state index is 12.8. The van der Waals surface area contributed by atoms with Crippen molar-refractivity contribution in [2.75, 3.05) is 0 Å². The Hall–Kier alpha value is -2.89. The van der Waals surface area contributed by atoms with Gasteiger partial charge in [-0.3, -0.25) is 9.69 Å². The quantitative estimate of drug-likeness (QED) is 0.342. The van der Waals surface area contributed by atoms with Crippen LogP contribution in [0, 0.1) is 0 Å². The number of thiocarbonyl (C=S) groups is 1. The number of thioether (sulfide) groups is 1. The van der Waals surface area contributed by atoms with Crippen LogP contribution >= 0.6 is 24.0 Å². The van der Waals surface area contributed by atoms with Gasteiger partial charge < -0.3 is 4.74 Å². The van der Waals surface area contributed by atoms with Crippen molar-refractivity contribution >= 4 is 40.3 Å². The summed E-state index contributed by atoms with van der Waals surface area (Å²) in [6.07, 6.45) is 1.85. The van der Waals surface area contributed by atoms with E-state index in [1.54, 1.807) is 4.90 Å². The molecule has 0 unspecified atom stereocenters. The van der Waals surface area contributed by atoms with Gasteiger partial charge in [0.1, 0.15) is 16.2 Å². The van der Waals surface area contributed by atoms with Crippen LogP contribution in [0.25, 0.3) is 6.08 Å². The van der Waals surface area contributed by atoms with Gasteiger partial charge in [0.05, 0.1) is 11.4 Å². The molecule has 0 aromatic heterocycles. The van der Waals surface area contributed by atoms with E-state index in [2.05, 4.69) is 12.1 Å². The fourth-order valence-corrected chi connectivity index (χ4v) is 4.45. The average molecular weight is 432 g/mol. The van der Waals surface area contributed by atoms with Crippen LogP contribution in [0.15, 0.2) is 89.8 Å². The van der Waals surface area contributed by atoms with E-state index >= 15 is 0 Å². The molecule has 4 rings (SSSR count). The molecule has 0 spiro atoms. The highest BCUT2D eigenvalue weighted by Gasteiger charge is 2.31. The van der Waals surface area contributed by atoms with E-state index in [9.17, 15) is 4.79 Å². The lowest BCUT2D eigenvalue weighted by atomic mass is 10.1. The first-order valence-corrected chi connectivity index (χ1v) is 10.9. The summed E-state index contributed by atoms with van der Waals surface area (Å²) in [6, 6.07) is 27.8. The number of amides is 1. The zero-order chi connectivity index (χ0) is 20.9. The van der Waals surface area contributed by atoms with Gasteiger partial charge in [0, 0.05) is 0 Å². The Labute approximate surface area is 186 Å². The number of hydrogen-bond donors (Lipinski definition) is 0. The molecule has 3 aromatic rings. The molecule has 3 aromatic carbocycles. The topological polar surface area (TPSA) is 29.5 Å².